The third-order valence-electron chi connectivity index (χ3n) is 2.70. The minimum atomic E-state index is 1.09. The third kappa shape index (κ3) is 11.4. The Morgan fingerprint density at radius 2 is 1.80 bits per heavy atom. The van der Waals surface area contributed by atoms with Crippen molar-refractivity contribution in [3.8, 4) is 0 Å². The Hall–Kier alpha value is -0.520. The van der Waals surface area contributed by atoms with Gasteiger partial charge in [0.25, 0.3) is 0 Å². The molecule has 0 saturated carbocycles. The molecule has 0 aliphatic rings. The van der Waals surface area contributed by atoms with Crippen molar-refractivity contribution in [3.63, 3.8) is 0 Å². The molecule has 87 valence electrons. The molecule has 0 fully saturated rings. The van der Waals surface area contributed by atoms with Crippen LogP contribution in [0.5, 0.6) is 0 Å². The zero-order chi connectivity index (χ0) is 11.4. The molecule has 0 aromatic heterocycles. The molecule has 0 saturated heterocycles. The predicted molar refractivity (Wildman–Crippen MR) is 70.9 cm³/mol. The highest BCUT2D eigenvalue weighted by Crippen LogP contribution is 2.06. The Labute approximate surface area is 96.5 Å². The molecule has 0 heteroatoms. The molecule has 15 heavy (non-hydrogen) atoms. The standard InChI is InChI=1S/C15H27/c1-4-6-7-8-9-10-11-12-13-14-15(3)5-2/h11-12,14H,1,4-10,13H2,2-3H3/b12-11+,15-14+. The maximum atomic E-state index is 3.85. The van der Waals surface area contributed by atoms with Crippen LogP contribution in [0.2, 0.25) is 0 Å². The van der Waals surface area contributed by atoms with Crippen LogP contribution in [0.25, 0.3) is 0 Å². The average Bonchev–Trinajstić information content (AvgIpc) is 2.26. The van der Waals surface area contributed by atoms with E-state index in [0.717, 1.165) is 12.8 Å². The van der Waals surface area contributed by atoms with E-state index in [1.54, 1.807) is 0 Å². The second kappa shape index (κ2) is 11.6. The molecule has 0 aromatic rings. The minimum absolute atomic E-state index is 1.09. The van der Waals surface area contributed by atoms with E-state index in [-0.39, 0.29) is 0 Å². The first-order valence-corrected chi connectivity index (χ1v) is 6.41. The first-order valence-electron chi connectivity index (χ1n) is 6.41. The molecule has 0 spiro atoms. The minimum Gasteiger partial charge on any atom is -0.0882 e. The number of hydrogen-bond acceptors (Lipinski definition) is 0. The summed E-state index contributed by atoms with van der Waals surface area (Å²) in [4.78, 5) is 0. The van der Waals surface area contributed by atoms with Gasteiger partial charge in [-0.05, 0) is 32.6 Å². The van der Waals surface area contributed by atoms with Crippen molar-refractivity contribution < 1.29 is 0 Å². The molecule has 0 rings (SSSR count). The molecule has 0 unspecified atom stereocenters. The van der Waals surface area contributed by atoms with Crippen molar-refractivity contribution in [1.29, 1.82) is 0 Å². The van der Waals surface area contributed by atoms with E-state index >= 15 is 0 Å². The summed E-state index contributed by atoms with van der Waals surface area (Å²) in [5, 5.41) is 0. The van der Waals surface area contributed by atoms with Crippen LogP contribution in [-0.4, -0.2) is 0 Å². The SMILES string of the molecule is [CH2]CCCCCC/C=C/C/C=C(\C)CC. The first kappa shape index (κ1) is 14.5. The second-order valence-corrected chi connectivity index (χ2v) is 4.17. The normalized spacial score (nSPS) is 12.6. The second-order valence-electron chi connectivity index (χ2n) is 4.17. The largest absolute Gasteiger partial charge is 0.0882 e. The van der Waals surface area contributed by atoms with E-state index in [2.05, 4.69) is 39.0 Å². The Kier molecular flexibility index (Phi) is 11.2. The smallest absolute Gasteiger partial charge is 0.0167 e. The van der Waals surface area contributed by atoms with Gasteiger partial charge in [-0.2, -0.15) is 0 Å². The molecule has 0 nitrogen and oxygen atoms in total. The van der Waals surface area contributed by atoms with Gasteiger partial charge in [0, 0.05) is 0 Å². The zero-order valence-electron chi connectivity index (χ0n) is 10.6. The predicted octanol–water partition coefficient (Wildman–Crippen LogP) is 5.46. The molecular formula is C15H27. The lowest BCUT2D eigenvalue weighted by Crippen LogP contribution is -1.76. The summed E-state index contributed by atoms with van der Waals surface area (Å²) in [6, 6.07) is 0. The Morgan fingerprint density at radius 3 is 2.47 bits per heavy atom. The van der Waals surface area contributed by atoms with Crippen molar-refractivity contribution >= 4 is 0 Å². The third-order valence-corrected chi connectivity index (χ3v) is 2.70. The van der Waals surface area contributed by atoms with Crippen LogP contribution in [0.1, 0.15) is 65.2 Å². The number of rotatable bonds is 9. The van der Waals surface area contributed by atoms with Gasteiger partial charge >= 0.3 is 0 Å². The molecular weight excluding hydrogens is 180 g/mol. The zero-order valence-corrected chi connectivity index (χ0v) is 10.6. The van der Waals surface area contributed by atoms with Crippen molar-refractivity contribution in [1.82, 2.24) is 0 Å². The monoisotopic (exact) mass is 207 g/mol. The van der Waals surface area contributed by atoms with Gasteiger partial charge in [0.2, 0.25) is 0 Å². The van der Waals surface area contributed by atoms with Crippen molar-refractivity contribution in [3.05, 3.63) is 30.7 Å². The molecule has 1 radical (unpaired) electrons. The quantitative estimate of drug-likeness (QED) is 0.348. The van der Waals surface area contributed by atoms with Crippen LogP contribution >= 0.6 is 0 Å². The van der Waals surface area contributed by atoms with E-state index in [4.69, 9.17) is 0 Å². The van der Waals surface area contributed by atoms with Gasteiger partial charge in [-0.1, -0.05) is 63.3 Å². The fraction of sp³-hybridized carbons (Fsp3) is 0.667. The summed E-state index contributed by atoms with van der Waals surface area (Å²) in [5.74, 6) is 0. The van der Waals surface area contributed by atoms with Crippen molar-refractivity contribution in [2.45, 2.75) is 65.2 Å². The van der Waals surface area contributed by atoms with Gasteiger partial charge in [0.05, 0.1) is 0 Å². The van der Waals surface area contributed by atoms with Gasteiger partial charge in [-0.15, -0.1) is 0 Å². The van der Waals surface area contributed by atoms with Gasteiger partial charge in [0.15, 0.2) is 0 Å². The van der Waals surface area contributed by atoms with Gasteiger partial charge in [0.1, 0.15) is 0 Å². The molecule has 0 aliphatic carbocycles. The molecule has 0 amide bonds. The molecule has 0 aromatic carbocycles. The Balaban J connectivity index is 3.24. The molecule has 0 N–H and O–H groups in total. The lowest BCUT2D eigenvalue weighted by molar-refractivity contribution is 0.651. The highest BCUT2D eigenvalue weighted by atomic mass is 13.9. The average molecular weight is 207 g/mol. The van der Waals surface area contributed by atoms with Crippen LogP contribution in [0.4, 0.5) is 0 Å². The highest BCUT2D eigenvalue weighted by molar-refractivity contribution is 5.01. The lowest BCUT2D eigenvalue weighted by atomic mass is 10.1. The van der Waals surface area contributed by atoms with Gasteiger partial charge in [-0.3, -0.25) is 0 Å². The summed E-state index contributed by atoms with van der Waals surface area (Å²) in [6.07, 6.45) is 16.9. The van der Waals surface area contributed by atoms with Gasteiger partial charge in [-0.25, -0.2) is 0 Å². The maximum Gasteiger partial charge on any atom is -0.0167 e. The summed E-state index contributed by atoms with van der Waals surface area (Å²) < 4.78 is 0. The summed E-state index contributed by atoms with van der Waals surface area (Å²) >= 11 is 0. The number of hydrogen-bond donors (Lipinski definition) is 0. The van der Waals surface area contributed by atoms with Crippen LogP contribution in [0, 0.1) is 6.92 Å². The van der Waals surface area contributed by atoms with E-state index in [0.29, 0.717) is 0 Å². The lowest BCUT2D eigenvalue weighted by Gasteiger charge is -1.96. The topological polar surface area (TPSA) is 0 Å². The Morgan fingerprint density at radius 1 is 1.07 bits per heavy atom. The fourth-order valence-electron chi connectivity index (χ4n) is 1.42. The maximum absolute atomic E-state index is 3.85. The molecule has 0 aliphatic heterocycles. The van der Waals surface area contributed by atoms with Crippen LogP contribution in [0.15, 0.2) is 23.8 Å². The molecule has 0 heterocycles. The van der Waals surface area contributed by atoms with Crippen LogP contribution in [-0.2, 0) is 0 Å². The highest BCUT2D eigenvalue weighted by Gasteiger charge is 1.86. The van der Waals surface area contributed by atoms with E-state index < -0.39 is 0 Å². The Bertz CT molecular complexity index is 174. The summed E-state index contributed by atoms with van der Waals surface area (Å²) in [7, 11) is 0. The first-order chi connectivity index (χ1) is 7.31. The van der Waals surface area contributed by atoms with Gasteiger partial charge < -0.3 is 0 Å². The summed E-state index contributed by atoms with van der Waals surface area (Å²) in [6.45, 7) is 8.26. The van der Waals surface area contributed by atoms with E-state index in [1.165, 1.54) is 44.1 Å². The fourth-order valence-corrected chi connectivity index (χ4v) is 1.42. The van der Waals surface area contributed by atoms with Crippen molar-refractivity contribution in [2.75, 3.05) is 0 Å². The van der Waals surface area contributed by atoms with E-state index in [9.17, 15) is 0 Å². The molecule has 0 bridgehead atoms. The number of allylic oxidation sites excluding steroid dienone is 4. The number of unbranched alkanes of at least 4 members (excludes halogenated alkanes) is 5. The molecule has 0 atom stereocenters. The van der Waals surface area contributed by atoms with E-state index in [1.807, 2.05) is 0 Å². The van der Waals surface area contributed by atoms with Crippen LogP contribution < -0.4 is 0 Å². The van der Waals surface area contributed by atoms with Crippen LogP contribution in [0.3, 0.4) is 0 Å². The summed E-state index contributed by atoms with van der Waals surface area (Å²) in [5.41, 5.74) is 1.50. The van der Waals surface area contributed by atoms with Crippen molar-refractivity contribution in [2.24, 2.45) is 0 Å².